The summed E-state index contributed by atoms with van der Waals surface area (Å²) >= 11 is 0. The zero-order chi connectivity index (χ0) is 19.8. The van der Waals surface area contributed by atoms with Gasteiger partial charge in [0, 0.05) is 35.6 Å². The molecule has 0 heterocycles. The Kier molecular flexibility index (Phi) is 6.93. The minimum atomic E-state index is -0.530. The monoisotopic (exact) mass is 368 g/mol. The summed E-state index contributed by atoms with van der Waals surface area (Å²) in [4.78, 5) is 37.5. The third kappa shape index (κ3) is 5.57. The predicted molar refractivity (Wildman–Crippen MR) is 106 cm³/mol. The van der Waals surface area contributed by atoms with Crippen LogP contribution in [-0.2, 0) is 4.79 Å². The molecule has 0 atom stereocenters. The van der Waals surface area contributed by atoms with Crippen LogP contribution in [-0.4, -0.2) is 42.3 Å². The normalized spacial score (nSPS) is 10.1. The minimum absolute atomic E-state index is 0.0104. The second kappa shape index (κ2) is 9.38. The van der Waals surface area contributed by atoms with Gasteiger partial charge in [-0.3, -0.25) is 14.4 Å². The topological polar surface area (TPSA) is 105 Å². The van der Waals surface area contributed by atoms with Crippen molar-refractivity contribution in [2.45, 2.75) is 13.8 Å². The number of hydrogen-bond donors (Lipinski definition) is 3. The Balaban J connectivity index is 1.98. The fourth-order valence-corrected chi connectivity index (χ4v) is 2.59. The largest absolute Gasteiger partial charge is 0.376 e. The smallest absolute Gasteiger partial charge is 0.253 e. The van der Waals surface area contributed by atoms with Crippen molar-refractivity contribution in [3.63, 3.8) is 0 Å². The molecule has 7 heteroatoms. The van der Waals surface area contributed by atoms with Gasteiger partial charge in [-0.2, -0.15) is 0 Å². The van der Waals surface area contributed by atoms with E-state index in [-0.39, 0.29) is 18.4 Å². The highest BCUT2D eigenvalue weighted by molar-refractivity contribution is 5.98. The summed E-state index contributed by atoms with van der Waals surface area (Å²) in [5.41, 5.74) is 7.30. The molecule has 0 bridgehead atoms. The standard InChI is InChI=1S/C20H24N4O3/c1-3-24(4-2)20(27)15-8-6-10-17(12-15)23-18(25)13-22-16-9-5-7-14(11-16)19(21)26/h5-12,22H,3-4,13H2,1-2H3,(H2,21,26)(H,23,25). The zero-order valence-electron chi connectivity index (χ0n) is 15.5. The van der Waals surface area contributed by atoms with Crippen molar-refractivity contribution in [3.8, 4) is 0 Å². The van der Waals surface area contributed by atoms with Gasteiger partial charge in [0.25, 0.3) is 5.91 Å². The molecule has 0 aliphatic carbocycles. The fourth-order valence-electron chi connectivity index (χ4n) is 2.59. The lowest BCUT2D eigenvalue weighted by molar-refractivity contribution is -0.114. The van der Waals surface area contributed by atoms with Crippen LogP contribution < -0.4 is 16.4 Å². The lowest BCUT2D eigenvalue weighted by Crippen LogP contribution is -2.30. The van der Waals surface area contributed by atoms with Crippen LogP contribution in [0.3, 0.4) is 0 Å². The number of hydrogen-bond acceptors (Lipinski definition) is 4. The lowest BCUT2D eigenvalue weighted by Gasteiger charge is -2.19. The Morgan fingerprint density at radius 2 is 1.52 bits per heavy atom. The molecule has 0 aliphatic rings. The molecule has 2 rings (SSSR count). The van der Waals surface area contributed by atoms with Crippen LogP contribution in [0.4, 0.5) is 11.4 Å². The van der Waals surface area contributed by atoms with Crippen molar-refractivity contribution in [2.24, 2.45) is 5.73 Å². The summed E-state index contributed by atoms with van der Waals surface area (Å²) in [6.07, 6.45) is 0. The molecule has 0 radical (unpaired) electrons. The van der Waals surface area contributed by atoms with Gasteiger partial charge >= 0.3 is 0 Å². The van der Waals surface area contributed by atoms with Crippen molar-refractivity contribution in [1.29, 1.82) is 0 Å². The summed E-state index contributed by atoms with van der Waals surface area (Å²) in [6, 6.07) is 13.5. The summed E-state index contributed by atoms with van der Waals surface area (Å²) in [7, 11) is 0. The molecule has 27 heavy (non-hydrogen) atoms. The Morgan fingerprint density at radius 1 is 0.926 bits per heavy atom. The van der Waals surface area contributed by atoms with E-state index >= 15 is 0 Å². The maximum atomic E-state index is 12.4. The number of anilines is 2. The number of nitrogens with two attached hydrogens (primary N) is 1. The predicted octanol–water partition coefficient (Wildman–Crippen LogP) is 2.32. The maximum Gasteiger partial charge on any atom is 0.253 e. The fraction of sp³-hybridized carbons (Fsp3) is 0.250. The van der Waals surface area contributed by atoms with Crippen LogP contribution in [0.15, 0.2) is 48.5 Å². The molecule has 0 aliphatic heterocycles. The number of amides is 3. The first kappa shape index (κ1) is 20.0. The maximum absolute atomic E-state index is 12.4. The molecule has 0 unspecified atom stereocenters. The number of carbonyl (C=O) groups is 3. The van der Waals surface area contributed by atoms with E-state index in [0.29, 0.717) is 35.6 Å². The highest BCUT2D eigenvalue weighted by atomic mass is 16.2. The molecule has 3 amide bonds. The van der Waals surface area contributed by atoms with Crippen LogP contribution >= 0.6 is 0 Å². The van der Waals surface area contributed by atoms with E-state index in [0.717, 1.165) is 0 Å². The summed E-state index contributed by atoms with van der Waals surface area (Å²) in [6.45, 7) is 5.11. The van der Waals surface area contributed by atoms with Gasteiger partial charge in [-0.25, -0.2) is 0 Å². The minimum Gasteiger partial charge on any atom is -0.376 e. The SMILES string of the molecule is CCN(CC)C(=O)c1cccc(NC(=O)CNc2cccc(C(N)=O)c2)c1. The number of nitrogens with zero attached hydrogens (tertiary/aromatic N) is 1. The second-order valence-electron chi connectivity index (χ2n) is 5.91. The van der Waals surface area contributed by atoms with E-state index in [1.54, 1.807) is 53.4 Å². The van der Waals surface area contributed by atoms with Gasteiger partial charge in [0.15, 0.2) is 0 Å². The Morgan fingerprint density at radius 3 is 2.15 bits per heavy atom. The van der Waals surface area contributed by atoms with Crippen LogP contribution in [0.1, 0.15) is 34.6 Å². The van der Waals surface area contributed by atoms with Crippen molar-refractivity contribution in [1.82, 2.24) is 4.90 Å². The summed E-state index contributed by atoms with van der Waals surface area (Å²) in [5, 5.41) is 5.69. The van der Waals surface area contributed by atoms with Crippen molar-refractivity contribution >= 4 is 29.1 Å². The highest BCUT2D eigenvalue weighted by Gasteiger charge is 2.13. The van der Waals surface area contributed by atoms with Crippen LogP contribution in [0.2, 0.25) is 0 Å². The first-order valence-corrected chi connectivity index (χ1v) is 8.77. The van der Waals surface area contributed by atoms with Crippen LogP contribution in [0, 0.1) is 0 Å². The van der Waals surface area contributed by atoms with E-state index < -0.39 is 5.91 Å². The Labute approximate surface area is 158 Å². The summed E-state index contributed by atoms with van der Waals surface area (Å²) in [5.74, 6) is -0.873. The van der Waals surface area contributed by atoms with Crippen LogP contribution in [0.5, 0.6) is 0 Å². The average Bonchev–Trinajstić information content (AvgIpc) is 2.67. The molecule has 0 spiro atoms. The molecule has 0 saturated heterocycles. The zero-order valence-corrected chi connectivity index (χ0v) is 15.5. The molecule has 2 aromatic carbocycles. The van der Waals surface area contributed by atoms with Crippen molar-refractivity contribution in [3.05, 3.63) is 59.7 Å². The van der Waals surface area contributed by atoms with E-state index in [1.807, 2.05) is 13.8 Å². The molecular formula is C20H24N4O3. The molecule has 142 valence electrons. The van der Waals surface area contributed by atoms with Gasteiger partial charge < -0.3 is 21.3 Å². The van der Waals surface area contributed by atoms with Gasteiger partial charge in [0.1, 0.15) is 0 Å². The molecule has 0 aromatic heterocycles. The number of carbonyl (C=O) groups excluding carboxylic acids is 3. The van der Waals surface area contributed by atoms with Crippen molar-refractivity contribution in [2.75, 3.05) is 30.3 Å². The quantitative estimate of drug-likeness (QED) is 0.665. The molecular weight excluding hydrogens is 344 g/mol. The first-order chi connectivity index (χ1) is 12.9. The molecule has 2 aromatic rings. The third-order valence-electron chi connectivity index (χ3n) is 4.04. The van der Waals surface area contributed by atoms with Gasteiger partial charge in [0.05, 0.1) is 6.54 Å². The van der Waals surface area contributed by atoms with Gasteiger partial charge in [-0.1, -0.05) is 12.1 Å². The molecule has 0 fully saturated rings. The number of nitrogens with one attached hydrogen (secondary N) is 2. The Hall–Kier alpha value is -3.35. The lowest BCUT2D eigenvalue weighted by atomic mass is 10.1. The first-order valence-electron chi connectivity index (χ1n) is 8.77. The number of rotatable bonds is 8. The average molecular weight is 368 g/mol. The molecule has 0 saturated carbocycles. The van der Waals surface area contributed by atoms with Gasteiger partial charge in [0.2, 0.25) is 11.8 Å². The third-order valence-corrected chi connectivity index (χ3v) is 4.04. The Bertz CT molecular complexity index is 831. The molecule has 4 N–H and O–H groups in total. The van der Waals surface area contributed by atoms with Crippen molar-refractivity contribution < 1.29 is 14.4 Å². The van der Waals surface area contributed by atoms with Crippen LogP contribution in [0.25, 0.3) is 0 Å². The summed E-state index contributed by atoms with van der Waals surface area (Å²) < 4.78 is 0. The second-order valence-corrected chi connectivity index (χ2v) is 5.91. The number of primary amides is 1. The van der Waals surface area contributed by atoms with E-state index in [1.165, 1.54) is 0 Å². The highest BCUT2D eigenvalue weighted by Crippen LogP contribution is 2.14. The number of benzene rings is 2. The van der Waals surface area contributed by atoms with Gasteiger partial charge in [-0.05, 0) is 50.2 Å². The van der Waals surface area contributed by atoms with E-state index in [9.17, 15) is 14.4 Å². The van der Waals surface area contributed by atoms with E-state index in [4.69, 9.17) is 5.73 Å². The van der Waals surface area contributed by atoms with E-state index in [2.05, 4.69) is 10.6 Å². The van der Waals surface area contributed by atoms with Gasteiger partial charge in [-0.15, -0.1) is 0 Å². The molecule has 7 nitrogen and oxygen atoms in total.